The van der Waals surface area contributed by atoms with Gasteiger partial charge in [0, 0.05) is 23.5 Å². The fourth-order valence-electron chi connectivity index (χ4n) is 3.25. The minimum Gasteiger partial charge on any atom is -0.485 e. The average molecular weight is 397 g/mol. The van der Waals surface area contributed by atoms with E-state index in [1.807, 2.05) is 26.8 Å². The molecule has 3 aromatic rings. The summed E-state index contributed by atoms with van der Waals surface area (Å²) in [6, 6.07) is 16.3. The monoisotopic (exact) mass is 397 g/mol. The van der Waals surface area contributed by atoms with E-state index in [-0.39, 0.29) is 22.2 Å². The van der Waals surface area contributed by atoms with Crippen molar-refractivity contribution in [3.05, 3.63) is 77.6 Å². The van der Waals surface area contributed by atoms with Crippen LogP contribution in [0.15, 0.2) is 70.5 Å². The molecule has 6 heteroatoms. The first kappa shape index (κ1) is 19.9. The van der Waals surface area contributed by atoms with Gasteiger partial charge in [-0.3, -0.25) is 4.79 Å². The van der Waals surface area contributed by atoms with Crippen molar-refractivity contribution in [1.82, 2.24) is 4.57 Å². The van der Waals surface area contributed by atoms with Gasteiger partial charge in [0.15, 0.2) is 6.61 Å². The first-order chi connectivity index (χ1) is 13.3. The number of ether oxygens (including phenoxy) is 1. The summed E-state index contributed by atoms with van der Waals surface area (Å²) in [5.74, 6) is 0.346. The normalized spacial score (nSPS) is 11.4. The predicted octanol–water partition coefficient (Wildman–Crippen LogP) is 4.22. The van der Waals surface area contributed by atoms with Gasteiger partial charge in [-0.15, -0.1) is 0 Å². The highest BCUT2D eigenvalue weighted by atomic mass is 32.2. The van der Waals surface area contributed by atoms with E-state index in [1.54, 1.807) is 42.5 Å². The molecule has 0 aliphatic carbocycles. The van der Waals surface area contributed by atoms with Crippen LogP contribution in [0, 0.1) is 13.8 Å². The second kappa shape index (κ2) is 8.02. The summed E-state index contributed by atoms with van der Waals surface area (Å²) < 4.78 is 32.9. The van der Waals surface area contributed by atoms with Crippen LogP contribution in [0.1, 0.15) is 28.7 Å². The number of hydrogen-bond donors (Lipinski definition) is 0. The van der Waals surface area contributed by atoms with Crippen molar-refractivity contribution in [3.8, 4) is 5.75 Å². The van der Waals surface area contributed by atoms with Crippen LogP contribution in [0.5, 0.6) is 5.75 Å². The summed E-state index contributed by atoms with van der Waals surface area (Å²) in [7, 11) is -3.57. The summed E-state index contributed by atoms with van der Waals surface area (Å²) in [6.07, 6.45) is 0. The first-order valence-corrected chi connectivity index (χ1v) is 10.6. The van der Waals surface area contributed by atoms with Crippen LogP contribution < -0.4 is 4.74 Å². The fraction of sp³-hybridized carbons (Fsp3) is 0.227. The molecule has 0 unspecified atom stereocenters. The van der Waals surface area contributed by atoms with Gasteiger partial charge in [-0.05, 0) is 63.2 Å². The van der Waals surface area contributed by atoms with Crippen LogP contribution in [0.25, 0.3) is 0 Å². The number of sulfone groups is 1. The van der Waals surface area contributed by atoms with E-state index in [0.29, 0.717) is 11.3 Å². The van der Waals surface area contributed by atoms with Crippen molar-refractivity contribution < 1.29 is 17.9 Å². The molecule has 3 rings (SSSR count). The van der Waals surface area contributed by atoms with E-state index in [1.165, 1.54) is 12.1 Å². The van der Waals surface area contributed by atoms with Crippen molar-refractivity contribution >= 4 is 15.6 Å². The van der Waals surface area contributed by atoms with Crippen molar-refractivity contribution in [3.63, 3.8) is 0 Å². The van der Waals surface area contributed by atoms with Gasteiger partial charge in [-0.25, -0.2) is 8.42 Å². The van der Waals surface area contributed by atoms with E-state index in [2.05, 4.69) is 4.57 Å². The minimum atomic E-state index is -3.57. The van der Waals surface area contributed by atoms with Crippen molar-refractivity contribution in [1.29, 1.82) is 0 Å². The molecular weight excluding hydrogens is 374 g/mol. The molecule has 0 spiro atoms. The minimum absolute atomic E-state index is 0.0984. The van der Waals surface area contributed by atoms with Gasteiger partial charge in [0.05, 0.1) is 9.79 Å². The molecule has 0 aliphatic rings. The maximum Gasteiger partial charge on any atom is 0.206 e. The molecule has 0 bridgehead atoms. The number of benzene rings is 2. The Morgan fingerprint density at radius 3 is 2.14 bits per heavy atom. The number of carbonyl (C=O) groups is 1. The molecule has 0 aliphatic heterocycles. The Morgan fingerprint density at radius 2 is 1.57 bits per heavy atom. The molecule has 5 nitrogen and oxygen atoms in total. The quantitative estimate of drug-likeness (QED) is 0.560. The highest BCUT2D eigenvalue weighted by Crippen LogP contribution is 2.23. The Bertz CT molecular complexity index is 1080. The third kappa shape index (κ3) is 3.87. The number of carbonyl (C=O) groups excluding carboxylic acids is 1. The van der Waals surface area contributed by atoms with Gasteiger partial charge in [0.25, 0.3) is 0 Å². The average Bonchev–Trinajstić information content (AvgIpc) is 3.00. The lowest BCUT2D eigenvalue weighted by Crippen LogP contribution is -2.13. The molecule has 146 valence electrons. The third-order valence-corrected chi connectivity index (χ3v) is 6.53. The number of rotatable bonds is 7. The van der Waals surface area contributed by atoms with Crippen molar-refractivity contribution in [2.24, 2.45) is 0 Å². The van der Waals surface area contributed by atoms with E-state index < -0.39 is 9.84 Å². The van der Waals surface area contributed by atoms with Gasteiger partial charge in [0.2, 0.25) is 15.6 Å². The fourth-order valence-corrected chi connectivity index (χ4v) is 4.53. The Labute approximate surface area is 165 Å². The SMILES string of the molecule is CCn1c(C)cc(C(=O)COc2ccc(S(=O)(=O)c3ccccc3)cc2)c1C. The number of aromatic nitrogens is 1. The van der Waals surface area contributed by atoms with Crippen LogP contribution in [0.4, 0.5) is 0 Å². The van der Waals surface area contributed by atoms with Crippen molar-refractivity contribution in [2.75, 3.05) is 6.61 Å². The molecule has 1 aromatic heterocycles. The molecular formula is C22H23NO4S. The molecule has 0 saturated carbocycles. The molecule has 0 N–H and O–H groups in total. The smallest absolute Gasteiger partial charge is 0.206 e. The van der Waals surface area contributed by atoms with Crippen LogP contribution >= 0.6 is 0 Å². The van der Waals surface area contributed by atoms with Gasteiger partial charge >= 0.3 is 0 Å². The summed E-state index contributed by atoms with van der Waals surface area (Å²) in [4.78, 5) is 12.9. The molecule has 0 atom stereocenters. The van der Waals surface area contributed by atoms with E-state index in [4.69, 9.17) is 4.74 Å². The number of hydrogen-bond acceptors (Lipinski definition) is 4. The topological polar surface area (TPSA) is 65.4 Å². The lowest BCUT2D eigenvalue weighted by atomic mass is 10.1. The molecule has 2 aromatic carbocycles. The summed E-state index contributed by atoms with van der Waals surface area (Å²) >= 11 is 0. The highest BCUT2D eigenvalue weighted by Gasteiger charge is 2.18. The maximum atomic E-state index is 12.6. The number of ketones is 1. The van der Waals surface area contributed by atoms with E-state index in [0.717, 1.165) is 17.9 Å². The summed E-state index contributed by atoms with van der Waals surface area (Å²) in [6.45, 7) is 6.64. The van der Waals surface area contributed by atoms with Crippen LogP contribution in [0.2, 0.25) is 0 Å². The first-order valence-electron chi connectivity index (χ1n) is 9.07. The molecule has 1 heterocycles. The number of Topliss-reactive ketones (excluding diaryl/α,β-unsaturated/α-hetero) is 1. The Hall–Kier alpha value is -2.86. The Kier molecular flexibility index (Phi) is 5.70. The second-order valence-electron chi connectivity index (χ2n) is 6.53. The summed E-state index contributed by atoms with van der Waals surface area (Å²) in [5.41, 5.74) is 2.62. The van der Waals surface area contributed by atoms with Gasteiger partial charge < -0.3 is 9.30 Å². The highest BCUT2D eigenvalue weighted by molar-refractivity contribution is 7.91. The second-order valence-corrected chi connectivity index (χ2v) is 8.48. The zero-order chi connectivity index (χ0) is 20.3. The van der Waals surface area contributed by atoms with Gasteiger partial charge in [-0.2, -0.15) is 0 Å². The van der Waals surface area contributed by atoms with E-state index in [9.17, 15) is 13.2 Å². The zero-order valence-electron chi connectivity index (χ0n) is 16.2. The molecule has 0 radical (unpaired) electrons. The zero-order valence-corrected chi connectivity index (χ0v) is 17.0. The third-order valence-electron chi connectivity index (χ3n) is 4.75. The number of nitrogens with zero attached hydrogens (tertiary/aromatic N) is 1. The van der Waals surface area contributed by atoms with Crippen LogP contribution in [-0.4, -0.2) is 25.4 Å². The maximum absolute atomic E-state index is 12.6. The van der Waals surface area contributed by atoms with Crippen molar-refractivity contribution in [2.45, 2.75) is 37.1 Å². The molecule has 28 heavy (non-hydrogen) atoms. The summed E-state index contributed by atoms with van der Waals surface area (Å²) in [5, 5.41) is 0. The molecule has 0 fully saturated rings. The standard InChI is InChI=1S/C22H23NO4S/c1-4-23-16(2)14-21(17(23)3)22(24)15-27-18-10-12-20(13-11-18)28(25,26)19-8-6-5-7-9-19/h5-14H,4,15H2,1-3H3. The Balaban J connectivity index is 1.71. The van der Waals surface area contributed by atoms with Crippen LogP contribution in [-0.2, 0) is 16.4 Å². The molecule has 0 amide bonds. The number of aryl methyl sites for hydroxylation is 1. The predicted molar refractivity (Wildman–Crippen MR) is 108 cm³/mol. The molecule has 0 saturated heterocycles. The Morgan fingerprint density at radius 1 is 0.964 bits per heavy atom. The van der Waals surface area contributed by atoms with Crippen LogP contribution in [0.3, 0.4) is 0 Å². The largest absolute Gasteiger partial charge is 0.485 e. The lowest BCUT2D eigenvalue weighted by Gasteiger charge is -2.08. The van der Waals surface area contributed by atoms with Gasteiger partial charge in [0.1, 0.15) is 5.75 Å². The lowest BCUT2D eigenvalue weighted by molar-refractivity contribution is 0.0920. The van der Waals surface area contributed by atoms with E-state index >= 15 is 0 Å². The van der Waals surface area contributed by atoms with Gasteiger partial charge in [-0.1, -0.05) is 18.2 Å².